The van der Waals surface area contributed by atoms with E-state index in [4.69, 9.17) is 23.6 Å². The number of para-hydroxylation sites is 1. The average Bonchev–Trinajstić information content (AvgIpc) is 2.44. The van der Waals surface area contributed by atoms with Gasteiger partial charge in [0.25, 0.3) is 0 Å². The first-order valence-corrected chi connectivity index (χ1v) is 4.81. The summed E-state index contributed by atoms with van der Waals surface area (Å²) in [5.74, 6) is -0.169. The van der Waals surface area contributed by atoms with E-state index in [0.29, 0.717) is 16.6 Å². The molecule has 0 fully saturated rings. The van der Waals surface area contributed by atoms with Crippen LogP contribution in [0.2, 0.25) is 0 Å². The van der Waals surface area contributed by atoms with Crippen molar-refractivity contribution in [3.63, 3.8) is 0 Å². The molecule has 1 heterocycles. The molecule has 6 heteroatoms. The minimum atomic E-state index is -0.581. The number of aromatic nitrogens is 2. The van der Waals surface area contributed by atoms with Gasteiger partial charge in [-0.25, -0.2) is 4.79 Å². The molecule has 0 aliphatic heterocycles. The number of rotatable bonds is 1. The summed E-state index contributed by atoms with van der Waals surface area (Å²) in [6.45, 7) is 1.40. The van der Waals surface area contributed by atoms with Gasteiger partial charge in [0.15, 0.2) is 5.78 Å². The second kappa shape index (κ2) is 3.40. The zero-order chi connectivity index (χ0) is 11.2. The summed E-state index contributed by atoms with van der Waals surface area (Å²) in [6.07, 6.45) is 0. The van der Waals surface area contributed by atoms with Gasteiger partial charge in [0, 0.05) is 29.1 Å². The molecule has 2 rings (SSSR count). The van der Waals surface area contributed by atoms with Gasteiger partial charge in [0.1, 0.15) is 0 Å². The quantitative estimate of drug-likeness (QED) is 0.721. The molecule has 0 atom stereocenters. The number of hydrogen-bond acceptors (Lipinski definition) is 2. The summed E-state index contributed by atoms with van der Waals surface area (Å²) in [4.78, 5) is 22.7. The van der Waals surface area contributed by atoms with Crippen LogP contribution in [0.4, 0.5) is 0 Å². The molecule has 78 valence electrons. The van der Waals surface area contributed by atoms with Gasteiger partial charge in [-0.15, -0.1) is 0 Å². The number of ketones is 1. The predicted octanol–water partition coefficient (Wildman–Crippen LogP) is 2.01. The van der Waals surface area contributed by atoms with Crippen LogP contribution in [-0.2, 0) is 0 Å². The van der Waals surface area contributed by atoms with Crippen molar-refractivity contribution >= 4 is 40.4 Å². The van der Waals surface area contributed by atoms with Crippen molar-refractivity contribution in [1.29, 1.82) is 0 Å². The Morgan fingerprint density at radius 1 is 1.27 bits per heavy atom. The van der Waals surface area contributed by atoms with E-state index in [9.17, 15) is 9.59 Å². The van der Waals surface area contributed by atoms with Gasteiger partial charge in [-0.2, -0.15) is 8.17 Å². The molecule has 4 nitrogen and oxygen atoms in total. The summed E-state index contributed by atoms with van der Waals surface area (Å²) in [5, 5.41) is 0. The molecule has 1 aromatic carbocycles. The van der Waals surface area contributed by atoms with E-state index in [1.807, 2.05) is 0 Å². The Morgan fingerprint density at radius 2 is 1.93 bits per heavy atom. The number of imidazole rings is 1. The highest BCUT2D eigenvalue weighted by Crippen LogP contribution is 2.20. The topological polar surface area (TPSA) is 44.0 Å². The van der Waals surface area contributed by atoms with E-state index in [2.05, 4.69) is 0 Å². The average molecular weight is 245 g/mol. The third-order valence-corrected chi connectivity index (χ3v) is 2.78. The fourth-order valence-corrected chi connectivity index (χ4v) is 1.96. The Balaban J connectivity index is 3.05. The number of fused-ring (bicyclic) bond motifs is 1. The fraction of sp³-hybridized carbons (Fsp3) is 0.111. The maximum absolute atomic E-state index is 11.4. The van der Waals surface area contributed by atoms with Gasteiger partial charge in [-0.05, 0) is 19.1 Å². The molecule has 0 aliphatic rings. The highest BCUT2D eigenvalue weighted by molar-refractivity contribution is 6.24. The number of carbonyl (C=O) groups is 1. The molecule has 0 saturated carbocycles. The second-order valence-electron chi connectivity index (χ2n) is 3.07. The molecular weight excluding hydrogens is 239 g/mol. The largest absolute Gasteiger partial charge is 0.358 e. The lowest BCUT2D eigenvalue weighted by atomic mass is 10.1. The Morgan fingerprint density at radius 3 is 2.53 bits per heavy atom. The molecule has 0 saturated heterocycles. The van der Waals surface area contributed by atoms with Crippen LogP contribution in [0.3, 0.4) is 0 Å². The standard InChI is InChI=1S/C9H6Cl2N2O2/c1-5(14)6-3-2-4-7-8(6)13(11)9(15)12(7)10/h2-4H,1H3. The van der Waals surface area contributed by atoms with Gasteiger partial charge in [-0.3, -0.25) is 4.79 Å². The molecule has 15 heavy (non-hydrogen) atoms. The van der Waals surface area contributed by atoms with Crippen LogP contribution in [-0.4, -0.2) is 14.0 Å². The highest BCUT2D eigenvalue weighted by Gasteiger charge is 2.15. The van der Waals surface area contributed by atoms with Crippen LogP contribution in [0.5, 0.6) is 0 Å². The van der Waals surface area contributed by atoms with Crippen molar-refractivity contribution < 1.29 is 4.79 Å². The van der Waals surface area contributed by atoms with Gasteiger partial charge >= 0.3 is 5.69 Å². The third kappa shape index (κ3) is 1.37. The number of carbonyl (C=O) groups excluding carboxylic acids is 1. The van der Waals surface area contributed by atoms with E-state index in [1.165, 1.54) is 6.92 Å². The van der Waals surface area contributed by atoms with Crippen molar-refractivity contribution in [3.8, 4) is 0 Å². The van der Waals surface area contributed by atoms with Crippen LogP contribution in [0.15, 0.2) is 23.0 Å². The molecule has 0 spiro atoms. The van der Waals surface area contributed by atoms with Gasteiger partial charge in [0.05, 0.1) is 11.0 Å². The maximum Gasteiger partial charge on any atom is 0.358 e. The molecule has 2 aromatic rings. The highest BCUT2D eigenvalue weighted by atomic mass is 35.5. The summed E-state index contributed by atoms with van der Waals surface area (Å²) < 4.78 is 1.73. The van der Waals surface area contributed by atoms with E-state index in [1.54, 1.807) is 18.2 Å². The van der Waals surface area contributed by atoms with Crippen LogP contribution >= 0.6 is 23.6 Å². The van der Waals surface area contributed by atoms with Gasteiger partial charge in [0.2, 0.25) is 0 Å². The fourth-order valence-electron chi connectivity index (χ4n) is 1.46. The molecule has 0 amide bonds. The minimum Gasteiger partial charge on any atom is -0.294 e. The zero-order valence-corrected chi connectivity index (χ0v) is 9.21. The van der Waals surface area contributed by atoms with Crippen LogP contribution in [0.25, 0.3) is 11.0 Å². The number of nitrogens with zero attached hydrogens (tertiary/aromatic N) is 2. The smallest absolute Gasteiger partial charge is 0.294 e. The number of halogens is 2. The number of benzene rings is 1. The summed E-state index contributed by atoms with van der Waals surface area (Å²) >= 11 is 11.5. The Bertz CT molecular complexity index is 612. The Labute approximate surface area is 94.8 Å². The van der Waals surface area contributed by atoms with Crippen LogP contribution < -0.4 is 5.69 Å². The van der Waals surface area contributed by atoms with Gasteiger partial charge < -0.3 is 0 Å². The minimum absolute atomic E-state index is 0.169. The van der Waals surface area contributed by atoms with Crippen LogP contribution in [0.1, 0.15) is 17.3 Å². The molecule has 1 aromatic heterocycles. The molecule has 0 aliphatic carbocycles. The van der Waals surface area contributed by atoms with E-state index < -0.39 is 5.69 Å². The zero-order valence-electron chi connectivity index (χ0n) is 7.70. The molecule has 0 radical (unpaired) electrons. The first kappa shape index (κ1) is 10.3. The van der Waals surface area contributed by atoms with Gasteiger partial charge in [-0.1, -0.05) is 6.07 Å². The molecular formula is C9H6Cl2N2O2. The van der Waals surface area contributed by atoms with Crippen molar-refractivity contribution in [2.24, 2.45) is 0 Å². The van der Waals surface area contributed by atoms with Crippen molar-refractivity contribution in [2.75, 3.05) is 0 Å². The molecule has 0 N–H and O–H groups in total. The van der Waals surface area contributed by atoms with Crippen molar-refractivity contribution in [2.45, 2.75) is 6.92 Å². The maximum atomic E-state index is 11.4. The van der Waals surface area contributed by atoms with Crippen molar-refractivity contribution in [1.82, 2.24) is 8.17 Å². The normalized spacial score (nSPS) is 10.9. The summed E-state index contributed by atoms with van der Waals surface area (Å²) in [5.41, 5.74) is 0.553. The lowest BCUT2D eigenvalue weighted by Crippen LogP contribution is -2.13. The van der Waals surface area contributed by atoms with E-state index in [-0.39, 0.29) is 5.78 Å². The first-order chi connectivity index (χ1) is 7.04. The van der Waals surface area contributed by atoms with Crippen molar-refractivity contribution in [3.05, 3.63) is 34.2 Å². The predicted molar refractivity (Wildman–Crippen MR) is 58.7 cm³/mol. The second-order valence-corrected chi connectivity index (χ2v) is 3.75. The molecule has 0 bridgehead atoms. The monoisotopic (exact) mass is 244 g/mol. The van der Waals surface area contributed by atoms with E-state index >= 15 is 0 Å². The Hall–Kier alpha value is -1.26. The lowest BCUT2D eigenvalue weighted by molar-refractivity contribution is 0.101. The third-order valence-electron chi connectivity index (χ3n) is 2.14. The number of hydrogen-bond donors (Lipinski definition) is 0. The first-order valence-electron chi connectivity index (χ1n) is 4.13. The molecule has 0 unspecified atom stereocenters. The van der Waals surface area contributed by atoms with E-state index in [0.717, 1.165) is 8.17 Å². The SMILES string of the molecule is CC(=O)c1cccc2c1n(Cl)c(=O)n2Cl. The van der Waals surface area contributed by atoms with Crippen LogP contribution in [0, 0.1) is 0 Å². The summed E-state index contributed by atoms with van der Waals surface area (Å²) in [7, 11) is 0. The Kier molecular flexibility index (Phi) is 2.32. The lowest BCUT2D eigenvalue weighted by Gasteiger charge is -1.98. The number of Topliss-reactive ketones (excluding diaryl/α,β-unsaturated/α-hetero) is 1. The summed E-state index contributed by atoms with van der Waals surface area (Å²) in [6, 6.07) is 4.86.